The number of hydrogen-bond acceptors (Lipinski definition) is 2. The third kappa shape index (κ3) is 2.60. The summed E-state index contributed by atoms with van der Waals surface area (Å²) in [5, 5.41) is 0.613. The van der Waals surface area contributed by atoms with E-state index in [1.807, 2.05) is 11.8 Å². The first-order valence-electron chi connectivity index (χ1n) is 7.33. The van der Waals surface area contributed by atoms with E-state index in [2.05, 4.69) is 52.0 Å². The van der Waals surface area contributed by atoms with Crippen LogP contribution in [0.4, 0.5) is 0 Å². The second-order valence-corrected chi connectivity index (χ2v) is 7.43. The van der Waals surface area contributed by atoms with E-state index in [0.29, 0.717) is 17.0 Å². The Hall–Kier alpha value is -0.760. The quantitative estimate of drug-likeness (QED) is 0.700. The van der Waals surface area contributed by atoms with Gasteiger partial charge < -0.3 is 0 Å². The van der Waals surface area contributed by atoms with Crippen LogP contribution in [0.5, 0.6) is 0 Å². The van der Waals surface area contributed by atoms with Crippen molar-refractivity contribution >= 4 is 17.5 Å². The van der Waals surface area contributed by atoms with E-state index >= 15 is 0 Å². The monoisotopic (exact) mass is 276 g/mol. The number of carbonyl (C=O) groups is 1. The van der Waals surface area contributed by atoms with Crippen LogP contribution in [0, 0.1) is 5.41 Å². The molecule has 1 aliphatic rings. The topological polar surface area (TPSA) is 17.1 Å². The highest BCUT2D eigenvalue weighted by Crippen LogP contribution is 2.54. The molecule has 1 unspecified atom stereocenters. The Bertz CT molecular complexity index is 443. The van der Waals surface area contributed by atoms with Gasteiger partial charge in [-0.1, -0.05) is 39.8 Å². The van der Waals surface area contributed by atoms with E-state index in [-0.39, 0.29) is 5.41 Å². The zero-order valence-corrected chi connectivity index (χ0v) is 13.2. The van der Waals surface area contributed by atoms with Crippen molar-refractivity contribution in [2.24, 2.45) is 5.41 Å². The highest BCUT2D eigenvalue weighted by molar-refractivity contribution is 7.99. The minimum Gasteiger partial charge on any atom is -0.299 e. The van der Waals surface area contributed by atoms with E-state index < -0.39 is 0 Å². The summed E-state index contributed by atoms with van der Waals surface area (Å²) >= 11 is 1.89. The van der Waals surface area contributed by atoms with E-state index in [9.17, 15) is 4.79 Å². The number of ketones is 1. The van der Waals surface area contributed by atoms with Gasteiger partial charge in [0.15, 0.2) is 0 Å². The minimum atomic E-state index is -0.0767. The van der Waals surface area contributed by atoms with E-state index in [1.165, 1.54) is 10.5 Å². The fourth-order valence-electron chi connectivity index (χ4n) is 3.27. The molecule has 0 saturated heterocycles. The fraction of sp³-hybridized carbons (Fsp3) is 0.588. The first-order chi connectivity index (χ1) is 9.03. The van der Waals surface area contributed by atoms with Crippen LogP contribution >= 0.6 is 11.8 Å². The summed E-state index contributed by atoms with van der Waals surface area (Å²) in [4.78, 5) is 13.3. The van der Waals surface area contributed by atoms with Crippen LogP contribution in [0.25, 0.3) is 0 Å². The van der Waals surface area contributed by atoms with Gasteiger partial charge >= 0.3 is 0 Å². The van der Waals surface area contributed by atoms with Gasteiger partial charge in [0, 0.05) is 27.9 Å². The van der Waals surface area contributed by atoms with Gasteiger partial charge in [0.2, 0.25) is 0 Å². The molecule has 1 fully saturated rings. The molecule has 1 nitrogen and oxygen atoms in total. The third-order valence-electron chi connectivity index (χ3n) is 4.53. The smallest absolute Gasteiger partial charge is 0.140 e. The summed E-state index contributed by atoms with van der Waals surface area (Å²) in [6, 6.07) is 8.86. The molecule has 1 atom stereocenters. The van der Waals surface area contributed by atoms with Gasteiger partial charge in [-0.15, -0.1) is 11.8 Å². The zero-order valence-electron chi connectivity index (χ0n) is 12.4. The number of thioether (sulfide) groups is 1. The Morgan fingerprint density at radius 1 is 1.21 bits per heavy atom. The summed E-state index contributed by atoms with van der Waals surface area (Å²) in [6.07, 6.45) is 2.67. The maximum Gasteiger partial charge on any atom is 0.140 e. The fourth-order valence-corrected chi connectivity index (χ4v) is 4.11. The molecule has 0 heterocycles. The molecule has 0 amide bonds. The van der Waals surface area contributed by atoms with Crippen LogP contribution in [0.1, 0.15) is 58.4 Å². The Balaban J connectivity index is 2.17. The van der Waals surface area contributed by atoms with Crippen molar-refractivity contribution in [2.45, 2.75) is 63.0 Å². The Kier molecular flexibility index (Phi) is 4.39. The van der Waals surface area contributed by atoms with Crippen LogP contribution < -0.4 is 0 Å². The lowest BCUT2D eigenvalue weighted by Crippen LogP contribution is -2.47. The molecule has 1 saturated carbocycles. The molecule has 1 aliphatic carbocycles. The van der Waals surface area contributed by atoms with Gasteiger partial charge in [-0.3, -0.25) is 4.79 Å². The molecule has 0 spiro atoms. The van der Waals surface area contributed by atoms with Gasteiger partial charge in [-0.2, -0.15) is 0 Å². The van der Waals surface area contributed by atoms with Crippen LogP contribution in [0.2, 0.25) is 0 Å². The number of hydrogen-bond donors (Lipinski definition) is 0. The van der Waals surface area contributed by atoms with Crippen LogP contribution in [-0.2, 0) is 4.79 Å². The van der Waals surface area contributed by atoms with Gasteiger partial charge in [-0.25, -0.2) is 0 Å². The van der Waals surface area contributed by atoms with Crippen LogP contribution in [-0.4, -0.2) is 11.0 Å². The van der Waals surface area contributed by atoms with Gasteiger partial charge in [0.25, 0.3) is 0 Å². The highest BCUT2D eigenvalue weighted by Gasteiger charge is 2.52. The van der Waals surface area contributed by atoms with Crippen molar-refractivity contribution in [2.75, 3.05) is 0 Å². The predicted molar refractivity (Wildman–Crippen MR) is 82.8 cm³/mol. The van der Waals surface area contributed by atoms with Crippen molar-refractivity contribution < 1.29 is 4.79 Å². The first-order valence-corrected chi connectivity index (χ1v) is 8.21. The number of rotatable bonds is 5. The van der Waals surface area contributed by atoms with Crippen LogP contribution in [0.3, 0.4) is 0 Å². The minimum absolute atomic E-state index is 0.0767. The molecule has 0 radical (unpaired) electrons. The number of benzene rings is 1. The van der Waals surface area contributed by atoms with Gasteiger partial charge in [0.1, 0.15) is 5.78 Å². The van der Waals surface area contributed by atoms with E-state index in [4.69, 9.17) is 0 Å². The Morgan fingerprint density at radius 3 is 2.21 bits per heavy atom. The molecule has 19 heavy (non-hydrogen) atoms. The molecular formula is C17H24OS. The normalized spacial score (nSPS) is 21.5. The molecule has 2 heteroatoms. The summed E-state index contributed by atoms with van der Waals surface area (Å²) in [6.45, 7) is 8.72. The molecule has 0 N–H and O–H groups in total. The van der Waals surface area contributed by atoms with Crippen molar-refractivity contribution in [3.63, 3.8) is 0 Å². The Morgan fingerprint density at radius 2 is 1.79 bits per heavy atom. The van der Waals surface area contributed by atoms with E-state index in [0.717, 1.165) is 19.3 Å². The second-order valence-electron chi connectivity index (χ2n) is 5.78. The van der Waals surface area contributed by atoms with Crippen molar-refractivity contribution in [1.82, 2.24) is 0 Å². The van der Waals surface area contributed by atoms with Crippen molar-refractivity contribution in [1.29, 1.82) is 0 Å². The molecule has 1 aromatic rings. The summed E-state index contributed by atoms with van der Waals surface area (Å²) < 4.78 is 0. The lowest BCUT2D eigenvalue weighted by molar-refractivity contribution is -0.141. The van der Waals surface area contributed by atoms with Crippen molar-refractivity contribution in [3.8, 4) is 0 Å². The second kappa shape index (κ2) is 5.70. The van der Waals surface area contributed by atoms with E-state index in [1.54, 1.807) is 0 Å². The standard InChI is InChI=1S/C17H24OS/c1-5-17(6-2)15(11-16(17)18)13-7-9-14(10-8-13)19-12(3)4/h7-10,12,15H,5-6,11H2,1-4H3. The largest absolute Gasteiger partial charge is 0.299 e. The van der Waals surface area contributed by atoms with Crippen molar-refractivity contribution in [3.05, 3.63) is 29.8 Å². The SMILES string of the molecule is CCC1(CC)C(=O)CC1c1ccc(SC(C)C)cc1. The molecule has 1 aromatic carbocycles. The first kappa shape index (κ1) is 14.6. The summed E-state index contributed by atoms with van der Waals surface area (Å²) in [5.41, 5.74) is 1.27. The number of carbonyl (C=O) groups excluding carboxylic acids is 1. The number of Topliss-reactive ketones (excluding diaryl/α,β-unsaturated/α-hetero) is 1. The van der Waals surface area contributed by atoms with Gasteiger partial charge in [-0.05, 0) is 30.5 Å². The predicted octanol–water partition coefficient (Wildman–Crippen LogP) is 5.05. The molecule has 0 aliphatic heterocycles. The average Bonchev–Trinajstić information content (AvgIpc) is 2.38. The van der Waals surface area contributed by atoms with Gasteiger partial charge in [0.05, 0.1) is 0 Å². The molecular weight excluding hydrogens is 252 g/mol. The zero-order chi connectivity index (χ0) is 14.0. The lowest BCUT2D eigenvalue weighted by Gasteiger charge is -2.47. The summed E-state index contributed by atoms with van der Waals surface area (Å²) in [5.74, 6) is 0.899. The molecule has 104 valence electrons. The van der Waals surface area contributed by atoms with Crippen LogP contribution in [0.15, 0.2) is 29.2 Å². The highest BCUT2D eigenvalue weighted by atomic mass is 32.2. The lowest BCUT2D eigenvalue weighted by atomic mass is 9.54. The summed E-state index contributed by atoms with van der Waals surface area (Å²) in [7, 11) is 0. The Labute approximate surface area is 121 Å². The average molecular weight is 276 g/mol. The third-order valence-corrected chi connectivity index (χ3v) is 5.54. The maximum absolute atomic E-state index is 12.0. The molecule has 0 aromatic heterocycles. The molecule has 0 bridgehead atoms. The molecule has 2 rings (SSSR count). The maximum atomic E-state index is 12.0.